The van der Waals surface area contributed by atoms with E-state index < -0.39 is 6.17 Å². The van der Waals surface area contributed by atoms with Gasteiger partial charge in [-0.3, -0.25) is 10.3 Å². The highest BCUT2D eigenvalue weighted by atomic mass is 35.5. The number of benzene rings is 3. The summed E-state index contributed by atoms with van der Waals surface area (Å²) in [4.78, 5) is 4.80. The summed E-state index contributed by atoms with van der Waals surface area (Å²) in [5.74, 6) is 0.586. The third kappa shape index (κ3) is 4.32. The maximum atomic E-state index is 14.5. The summed E-state index contributed by atoms with van der Waals surface area (Å²) < 4.78 is 20.0. The van der Waals surface area contributed by atoms with Crippen LogP contribution in [0.2, 0.25) is 5.02 Å². The van der Waals surface area contributed by atoms with Gasteiger partial charge in [-0.2, -0.15) is 0 Å². The Morgan fingerprint density at radius 1 is 1.10 bits per heavy atom. The number of nitrogens with zero attached hydrogens (tertiary/aromatic N) is 1. The van der Waals surface area contributed by atoms with Crippen LogP contribution in [0.15, 0.2) is 71.7 Å². The third-order valence-corrected chi connectivity index (χ3v) is 5.34. The minimum absolute atomic E-state index is 0.136. The van der Waals surface area contributed by atoms with Crippen molar-refractivity contribution in [3.8, 4) is 11.5 Å². The Kier molecular flexibility index (Phi) is 6.02. The summed E-state index contributed by atoms with van der Waals surface area (Å²) in [5, 5.41) is 14.3. The molecule has 1 heterocycles. The normalized spacial score (nSPS) is 18.7. The number of halogens is 2. The van der Waals surface area contributed by atoms with Gasteiger partial charge in [0.25, 0.3) is 0 Å². The molecular formula is C24H22ClFN2O2. The fourth-order valence-electron chi connectivity index (χ4n) is 3.65. The molecule has 0 radical (unpaired) electrons. The van der Waals surface area contributed by atoms with Crippen molar-refractivity contribution in [3.05, 3.63) is 94.3 Å². The molecule has 4 nitrogen and oxygen atoms in total. The molecule has 0 saturated carbocycles. The summed E-state index contributed by atoms with van der Waals surface area (Å²) in [5.41, 5.74) is 2.84. The zero-order valence-corrected chi connectivity index (χ0v) is 17.2. The Morgan fingerprint density at radius 3 is 2.60 bits per heavy atom. The standard InChI is InChI=1S/C24H22ClFN2O2/c1-2-30-17-10-7-15(8-11-17)21-14-22(19-13-16(25)9-12-23(19)29)28-24(27-21)18-5-3-4-6-20(18)26/h3-13,22,24,28-29H,2,14H2,1H3/t22-,24+/m1/s1. The van der Waals surface area contributed by atoms with Gasteiger partial charge in [0, 0.05) is 34.3 Å². The quantitative estimate of drug-likeness (QED) is 0.543. The Bertz CT molecular complexity index is 1070. The van der Waals surface area contributed by atoms with E-state index in [2.05, 4.69) is 5.32 Å². The van der Waals surface area contributed by atoms with Crippen LogP contribution in [0.5, 0.6) is 11.5 Å². The monoisotopic (exact) mass is 424 g/mol. The number of nitrogens with one attached hydrogen (secondary N) is 1. The van der Waals surface area contributed by atoms with Crippen LogP contribution in [0.4, 0.5) is 4.39 Å². The van der Waals surface area contributed by atoms with E-state index in [1.54, 1.807) is 36.4 Å². The second-order valence-electron chi connectivity index (χ2n) is 7.08. The molecule has 0 aliphatic carbocycles. The Hall–Kier alpha value is -2.89. The van der Waals surface area contributed by atoms with Crippen molar-refractivity contribution in [3.63, 3.8) is 0 Å². The van der Waals surface area contributed by atoms with E-state index in [1.807, 2.05) is 31.2 Å². The Morgan fingerprint density at radius 2 is 1.87 bits per heavy atom. The van der Waals surface area contributed by atoms with Crippen molar-refractivity contribution < 1.29 is 14.2 Å². The van der Waals surface area contributed by atoms with Crippen molar-refractivity contribution in [2.24, 2.45) is 4.99 Å². The highest BCUT2D eigenvalue weighted by Gasteiger charge is 2.29. The molecule has 2 atom stereocenters. The molecule has 3 aromatic rings. The highest BCUT2D eigenvalue weighted by Crippen LogP contribution is 2.36. The van der Waals surface area contributed by atoms with Crippen LogP contribution in [0.25, 0.3) is 0 Å². The molecule has 6 heteroatoms. The second-order valence-corrected chi connectivity index (χ2v) is 7.52. The van der Waals surface area contributed by atoms with Crippen molar-refractivity contribution in [2.75, 3.05) is 6.61 Å². The topological polar surface area (TPSA) is 53.8 Å². The minimum Gasteiger partial charge on any atom is -0.508 e. The first kappa shape index (κ1) is 20.4. The average Bonchev–Trinajstić information content (AvgIpc) is 2.76. The highest BCUT2D eigenvalue weighted by molar-refractivity contribution is 6.30. The summed E-state index contributed by atoms with van der Waals surface area (Å²) in [7, 11) is 0. The van der Waals surface area contributed by atoms with E-state index in [1.165, 1.54) is 6.07 Å². The molecule has 0 amide bonds. The number of rotatable bonds is 5. The van der Waals surface area contributed by atoms with Crippen LogP contribution < -0.4 is 10.1 Å². The molecule has 1 aliphatic heterocycles. The van der Waals surface area contributed by atoms with Gasteiger partial charge in [0.15, 0.2) is 0 Å². The van der Waals surface area contributed by atoms with E-state index in [-0.39, 0.29) is 17.6 Å². The van der Waals surface area contributed by atoms with Gasteiger partial charge in [0.05, 0.1) is 6.61 Å². The van der Waals surface area contributed by atoms with Gasteiger partial charge in [-0.15, -0.1) is 0 Å². The Labute approximate surface area is 180 Å². The van der Waals surface area contributed by atoms with Crippen LogP contribution in [0, 0.1) is 5.82 Å². The van der Waals surface area contributed by atoms with Gasteiger partial charge >= 0.3 is 0 Å². The molecule has 0 fully saturated rings. The maximum Gasteiger partial charge on any atom is 0.129 e. The fraction of sp³-hybridized carbons (Fsp3) is 0.208. The van der Waals surface area contributed by atoms with Crippen molar-refractivity contribution in [2.45, 2.75) is 25.6 Å². The number of aliphatic imine (C=N–C) groups is 1. The van der Waals surface area contributed by atoms with Gasteiger partial charge < -0.3 is 9.84 Å². The maximum absolute atomic E-state index is 14.5. The summed E-state index contributed by atoms with van der Waals surface area (Å²) in [6.45, 7) is 2.53. The van der Waals surface area contributed by atoms with Gasteiger partial charge in [-0.25, -0.2) is 4.39 Å². The first-order valence-corrected chi connectivity index (χ1v) is 10.2. The molecule has 0 bridgehead atoms. The first-order valence-electron chi connectivity index (χ1n) is 9.84. The number of phenols is 1. The number of ether oxygens (including phenoxy) is 1. The molecule has 4 rings (SSSR count). The minimum atomic E-state index is -0.593. The van der Waals surface area contributed by atoms with E-state index in [0.717, 1.165) is 17.0 Å². The lowest BCUT2D eigenvalue weighted by Crippen LogP contribution is -2.33. The summed E-state index contributed by atoms with van der Waals surface area (Å²) in [6, 6.07) is 18.9. The van der Waals surface area contributed by atoms with E-state index in [9.17, 15) is 9.50 Å². The third-order valence-electron chi connectivity index (χ3n) is 5.10. The van der Waals surface area contributed by atoms with E-state index in [4.69, 9.17) is 21.3 Å². The molecule has 2 N–H and O–H groups in total. The lowest BCUT2D eigenvalue weighted by molar-refractivity contribution is 0.340. The van der Waals surface area contributed by atoms with Crippen molar-refractivity contribution in [1.82, 2.24) is 5.32 Å². The van der Waals surface area contributed by atoms with Crippen molar-refractivity contribution >= 4 is 17.3 Å². The number of phenolic OH excluding ortho intramolecular Hbond substituents is 1. The van der Waals surface area contributed by atoms with Crippen LogP contribution >= 0.6 is 11.6 Å². The molecule has 3 aromatic carbocycles. The van der Waals surface area contributed by atoms with Crippen LogP contribution in [-0.2, 0) is 0 Å². The fourth-order valence-corrected chi connectivity index (χ4v) is 3.83. The van der Waals surface area contributed by atoms with Gasteiger partial charge in [-0.05, 0) is 61.0 Å². The molecule has 0 aromatic heterocycles. The van der Waals surface area contributed by atoms with E-state index in [0.29, 0.717) is 29.2 Å². The lowest BCUT2D eigenvalue weighted by atomic mass is 9.93. The van der Waals surface area contributed by atoms with Gasteiger partial charge in [-0.1, -0.05) is 29.8 Å². The predicted molar refractivity (Wildman–Crippen MR) is 117 cm³/mol. The molecule has 0 spiro atoms. The van der Waals surface area contributed by atoms with Crippen LogP contribution in [-0.4, -0.2) is 17.4 Å². The number of hydrogen-bond donors (Lipinski definition) is 2. The SMILES string of the molecule is CCOc1ccc(C2=N[C@H](c3ccccc3F)N[C@@H](c3cc(Cl)ccc3O)C2)cc1. The average molecular weight is 425 g/mol. The number of aromatic hydroxyl groups is 1. The molecule has 0 unspecified atom stereocenters. The molecule has 30 heavy (non-hydrogen) atoms. The first-order chi connectivity index (χ1) is 14.5. The van der Waals surface area contributed by atoms with E-state index >= 15 is 0 Å². The summed E-state index contributed by atoms with van der Waals surface area (Å²) >= 11 is 6.17. The van der Waals surface area contributed by atoms with Crippen LogP contribution in [0.1, 0.15) is 42.2 Å². The number of hydrogen-bond acceptors (Lipinski definition) is 4. The largest absolute Gasteiger partial charge is 0.508 e. The lowest BCUT2D eigenvalue weighted by Gasteiger charge is -2.31. The second kappa shape index (κ2) is 8.86. The molecule has 0 saturated heterocycles. The van der Waals surface area contributed by atoms with Crippen LogP contribution in [0.3, 0.4) is 0 Å². The van der Waals surface area contributed by atoms with Gasteiger partial charge in [0.1, 0.15) is 23.5 Å². The summed E-state index contributed by atoms with van der Waals surface area (Å²) in [6.07, 6.45) is -0.0720. The molecule has 154 valence electrons. The smallest absolute Gasteiger partial charge is 0.129 e. The predicted octanol–water partition coefficient (Wildman–Crippen LogP) is 5.81. The van der Waals surface area contributed by atoms with Gasteiger partial charge in [0.2, 0.25) is 0 Å². The zero-order valence-electron chi connectivity index (χ0n) is 16.5. The Balaban J connectivity index is 1.75. The molecular weight excluding hydrogens is 403 g/mol. The zero-order chi connectivity index (χ0) is 21.1. The van der Waals surface area contributed by atoms with Crippen molar-refractivity contribution in [1.29, 1.82) is 0 Å². The molecule has 1 aliphatic rings.